The molecule has 4 aromatic rings. The Balaban J connectivity index is 1.93. The van der Waals surface area contributed by atoms with Gasteiger partial charge in [0, 0.05) is 16.3 Å². The van der Waals surface area contributed by atoms with Crippen molar-refractivity contribution in [3.63, 3.8) is 0 Å². The van der Waals surface area contributed by atoms with E-state index in [2.05, 4.69) is 16.7 Å². The Bertz CT molecular complexity index is 1100. The van der Waals surface area contributed by atoms with E-state index in [1.807, 2.05) is 24.3 Å². The van der Waals surface area contributed by atoms with Crippen molar-refractivity contribution < 1.29 is 4.79 Å². The average Bonchev–Trinajstić information content (AvgIpc) is 3.15. The van der Waals surface area contributed by atoms with E-state index in [1.165, 1.54) is 16.3 Å². The van der Waals surface area contributed by atoms with Gasteiger partial charge in [-0.05, 0) is 36.4 Å². The van der Waals surface area contributed by atoms with E-state index in [0.29, 0.717) is 27.3 Å². The van der Waals surface area contributed by atoms with Gasteiger partial charge in [0.2, 0.25) is 5.78 Å². The number of rotatable bonds is 4. The van der Waals surface area contributed by atoms with Crippen molar-refractivity contribution in [1.29, 1.82) is 0 Å². The molecule has 2 heterocycles. The highest BCUT2D eigenvalue weighted by molar-refractivity contribution is 7.99. The maximum atomic E-state index is 13.1. The molecule has 0 aliphatic carbocycles. The Labute approximate surface area is 152 Å². The lowest BCUT2D eigenvalue weighted by Gasteiger charge is -2.05. The van der Waals surface area contributed by atoms with E-state index in [9.17, 15) is 4.79 Å². The quantitative estimate of drug-likeness (QED) is 0.398. The SMILES string of the molecule is C=CCSc1nn2c3ccccc3nc2n1C(=O)c1ccc(Cl)cc1. The molecule has 0 amide bonds. The number of carbonyl (C=O) groups excluding carboxylic acids is 1. The maximum Gasteiger partial charge on any atom is 0.266 e. The fraction of sp³-hybridized carbons (Fsp3) is 0.0556. The van der Waals surface area contributed by atoms with E-state index in [1.54, 1.807) is 34.9 Å². The summed E-state index contributed by atoms with van der Waals surface area (Å²) in [7, 11) is 0. The first kappa shape index (κ1) is 15.9. The Kier molecular flexibility index (Phi) is 4.07. The van der Waals surface area contributed by atoms with Crippen molar-refractivity contribution in [2.45, 2.75) is 5.16 Å². The fourth-order valence-corrected chi connectivity index (χ4v) is 3.41. The second kappa shape index (κ2) is 6.38. The first-order valence-corrected chi connectivity index (χ1v) is 8.95. The number of halogens is 1. The van der Waals surface area contributed by atoms with Gasteiger partial charge in [-0.25, -0.2) is 9.55 Å². The number of fused-ring (bicyclic) bond motifs is 3. The molecule has 0 saturated heterocycles. The summed E-state index contributed by atoms with van der Waals surface area (Å²) in [6.45, 7) is 3.73. The van der Waals surface area contributed by atoms with Crippen molar-refractivity contribution in [3.8, 4) is 0 Å². The van der Waals surface area contributed by atoms with Crippen molar-refractivity contribution in [1.82, 2.24) is 19.2 Å². The van der Waals surface area contributed by atoms with Crippen LogP contribution >= 0.6 is 23.4 Å². The Hall–Kier alpha value is -2.57. The first-order valence-electron chi connectivity index (χ1n) is 7.59. The van der Waals surface area contributed by atoms with Gasteiger partial charge in [0.1, 0.15) is 0 Å². The van der Waals surface area contributed by atoms with Crippen molar-refractivity contribution >= 4 is 46.1 Å². The zero-order valence-corrected chi connectivity index (χ0v) is 14.7. The molecule has 4 rings (SSSR count). The molecule has 0 bridgehead atoms. The van der Waals surface area contributed by atoms with E-state index in [0.717, 1.165) is 11.0 Å². The minimum atomic E-state index is -0.193. The normalized spacial score (nSPS) is 11.2. The molecule has 124 valence electrons. The van der Waals surface area contributed by atoms with Crippen molar-refractivity contribution in [3.05, 3.63) is 71.8 Å². The van der Waals surface area contributed by atoms with E-state index in [4.69, 9.17) is 11.6 Å². The van der Waals surface area contributed by atoms with Gasteiger partial charge in [0.15, 0.2) is 5.16 Å². The molecule has 7 heteroatoms. The van der Waals surface area contributed by atoms with Crippen LogP contribution in [0.5, 0.6) is 0 Å². The number of thioether (sulfide) groups is 1. The Morgan fingerprint density at radius 2 is 1.96 bits per heavy atom. The molecule has 0 saturated carbocycles. The molecule has 2 aromatic carbocycles. The van der Waals surface area contributed by atoms with Crippen LogP contribution in [0.15, 0.2) is 66.3 Å². The van der Waals surface area contributed by atoms with Gasteiger partial charge in [0.05, 0.1) is 11.0 Å². The molecule has 0 aliphatic rings. The number of nitrogens with zero attached hydrogens (tertiary/aromatic N) is 4. The van der Waals surface area contributed by atoms with E-state index >= 15 is 0 Å². The molecule has 0 N–H and O–H groups in total. The molecular formula is C18H13ClN4OS. The second-order valence-corrected chi connectivity index (χ2v) is 6.77. The zero-order chi connectivity index (χ0) is 17.4. The van der Waals surface area contributed by atoms with Crippen LogP contribution in [0.2, 0.25) is 5.02 Å². The molecule has 0 unspecified atom stereocenters. The highest BCUT2D eigenvalue weighted by Crippen LogP contribution is 2.24. The topological polar surface area (TPSA) is 52.2 Å². The minimum absolute atomic E-state index is 0.193. The molecule has 25 heavy (non-hydrogen) atoms. The Morgan fingerprint density at radius 3 is 2.72 bits per heavy atom. The van der Waals surface area contributed by atoms with Gasteiger partial charge in [-0.1, -0.05) is 41.6 Å². The summed E-state index contributed by atoms with van der Waals surface area (Å²) in [4.78, 5) is 17.7. The minimum Gasteiger partial charge on any atom is -0.268 e. The summed E-state index contributed by atoms with van der Waals surface area (Å²) in [5, 5.41) is 5.75. The van der Waals surface area contributed by atoms with Gasteiger partial charge in [-0.15, -0.1) is 11.7 Å². The third kappa shape index (κ3) is 2.73. The molecular weight excluding hydrogens is 356 g/mol. The largest absolute Gasteiger partial charge is 0.268 e. The first-order chi connectivity index (χ1) is 12.2. The van der Waals surface area contributed by atoms with Crippen LogP contribution in [0, 0.1) is 0 Å². The number of benzene rings is 2. The molecule has 0 aliphatic heterocycles. The summed E-state index contributed by atoms with van der Waals surface area (Å²) >= 11 is 7.37. The van der Waals surface area contributed by atoms with Crippen LogP contribution < -0.4 is 0 Å². The van der Waals surface area contributed by atoms with Crippen LogP contribution in [0.3, 0.4) is 0 Å². The number of para-hydroxylation sites is 2. The summed E-state index contributed by atoms with van der Waals surface area (Å²) in [5.41, 5.74) is 2.18. The second-order valence-electron chi connectivity index (χ2n) is 5.34. The highest BCUT2D eigenvalue weighted by atomic mass is 35.5. The molecule has 5 nitrogen and oxygen atoms in total. The van der Waals surface area contributed by atoms with Crippen LogP contribution in [0.25, 0.3) is 16.8 Å². The monoisotopic (exact) mass is 368 g/mol. The summed E-state index contributed by atoms with van der Waals surface area (Å²) in [6.07, 6.45) is 1.78. The third-order valence-corrected chi connectivity index (χ3v) is 4.90. The van der Waals surface area contributed by atoms with Gasteiger partial charge >= 0.3 is 0 Å². The maximum absolute atomic E-state index is 13.1. The molecule has 0 atom stereocenters. The number of aromatic nitrogens is 4. The molecule has 2 aromatic heterocycles. The number of imidazole rings is 1. The van der Waals surface area contributed by atoms with Crippen molar-refractivity contribution in [2.75, 3.05) is 5.75 Å². The van der Waals surface area contributed by atoms with Crippen LogP contribution in [0.1, 0.15) is 10.4 Å². The van der Waals surface area contributed by atoms with Gasteiger partial charge in [0.25, 0.3) is 5.91 Å². The van der Waals surface area contributed by atoms with E-state index < -0.39 is 0 Å². The van der Waals surface area contributed by atoms with Crippen LogP contribution in [-0.4, -0.2) is 30.8 Å². The van der Waals surface area contributed by atoms with Gasteiger partial charge in [-0.3, -0.25) is 4.79 Å². The molecule has 0 spiro atoms. The lowest BCUT2D eigenvalue weighted by atomic mass is 10.2. The summed E-state index contributed by atoms with van der Waals surface area (Å²) < 4.78 is 3.24. The zero-order valence-electron chi connectivity index (χ0n) is 13.1. The highest BCUT2D eigenvalue weighted by Gasteiger charge is 2.22. The Morgan fingerprint density at radius 1 is 1.20 bits per heavy atom. The molecule has 0 radical (unpaired) electrons. The third-order valence-electron chi connectivity index (χ3n) is 3.72. The number of hydrogen-bond acceptors (Lipinski definition) is 4. The lowest BCUT2D eigenvalue weighted by molar-refractivity contribution is 0.0954. The molecule has 0 fully saturated rings. The standard InChI is InChI=1S/C18H13ClN4OS/c1-2-11-25-18-21-23-15-6-4-3-5-14(15)20-17(23)22(18)16(24)12-7-9-13(19)10-8-12/h2-10H,1,11H2. The lowest BCUT2D eigenvalue weighted by Crippen LogP contribution is -2.13. The van der Waals surface area contributed by atoms with Crippen LogP contribution in [-0.2, 0) is 0 Å². The predicted octanol–water partition coefficient (Wildman–Crippen LogP) is 4.30. The average molecular weight is 369 g/mol. The number of carbonyl (C=O) groups is 1. The smallest absolute Gasteiger partial charge is 0.266 e. The predicted molar refractivity (Wildman–Crippen MR) is 101 cm³/mol. The van der Waals surface area contributed by atoms with Gasteiger partial charge < -0.3 is 0 Å². The number of hydrogen-bond donors (Lipinski definition) is 0. The van der Waals surface area contributed by atoms with Gasteiger partial charge in [-0.2, -0.15) is 4.52 Å². The fourth-order valence-electron chi connectivity index (χ4n) is 2.59. The van der Waals surface area contributed by atoms with Crippen molar-refractivity contribution in [2.24, 2.45) is 0 Å². The summed E-state index contributed by atoms with van der Waals surface area (Å²) in [5.74, 6) is 0.945. The van der Waals surface area contributed by atoms with E-state index in [-0.39, 0.29) is 5.91 Å². The van der Waals surface area contributed by atoms with Crippen LogP contribution in [0.4, 0.5) is 0 Å². The summed E-state index contributed by atoms with van der Waals surface area (Å²) in [6, 6.07) is 14.5.